The van der Waals surface area contributed by atoms with Gasteiger partial charge >= 0.3 is 0 Å². The van der Waals surface area contributed by atoms with Crippen LogP contribution in [0.5, 0.6) is 0 Å². The maximum atomic E-state index is 12.5. The Morgan fingerprint density at radius 3 is 2.17 bits per heavy atom. The van der Waals surface area contributed by atoms with Crippen LogP contribution in [0, 0.1) is 0 Å². The number of ether oxygens (including phenoxy) is 2. The van der Waals surface area contributed by atoms with E-state index in [1.54, 1.807) is 0 Å². The Morgan fingerprint density at radius 2 is 1.58 bits per heavy atom. The Labute approximate surface area is 144 Å². The summed E-state index contributed by atoms with van der Waals surface area (Å²) in [7, 11) is 0. The first-order chi connectivity index (χ1) is 11.5. The number of carbonyl (C=O) groups excluding carboxylic acids is 2. The fraction of sp³-hybridized carbons (Fsp3) is 0.882. The lowest BCUT2D eigenvalue weighted by molar-refractivity contribution is -0.142. The Bertz CT molecular complexity index is 416. The molecule has 0 aliphatic carbocycles. The van der Waals surface area contributed by atoms with Crippen LogP contribution in [0.2, 0.25) is 0 Å². The normalized spacial score (nSPS) is 21.2. The molecule has 2 aliphatic heterocycles. The molecule has 0 bridgehead atoms. The summed E-state index contributed by atoms with van der Waals surface area (Å²) in [5.74, 6) is 0.311. The van der Waals surface area contributed by atoms with Crippen LogP contribution < -0.4 is 0 Å². The van der Waals surface area contributed by atoms with Crippen LogP contribution in [-0.4, -0.2) is 97.7 Å². The molecule has 2 rings (SSSR count). The third kappa shape index (κ3) is 5.43. The molecule has 0 saturated carbocycles. The number of rotatable bonds is 6. The monoisotopic (exact) mass is 341 g/mol. The molecule has 1 atom stereocenters. The number of hydrogen-bond acceptors (Lipinski definition) is 5. The van der Waals surface area contributed by atoms with Crippen molar-refractivity contribution >= 4 is 11.8 Å². The third-order valence-electron chi connectivity index (χ3n) is 4.66. The van der Waals surface area contributed by atoms with Gasteiger partial charge in [-0.15, -0.1) is 0 Å². The maximum absolute atomic E-state index is 12.5. The average molecular weight is 341 g/mol. The first-order valence-electron chi connectivity index (χ1n) is 8.99. The minimum absolute atomic E-state index is 0.135. The van der Waals surface area contributed by atoms with E-state index >= 15 is 0 Å². The van der Waals surface area contributed by atoms with E-state index in [9.17, 15) is 9.59 Å². The van der Waals surface area contributed by atoms with Gasteiger partial charge in [-0.2, -0.15) is 0 Å². The van der Waals surface area contributed by atoms with Gasteiger partial charge in [-0.05, 0) is 20.8 Å². The van der Waals surface area contributed by atoms with Gasteiger partial charge in [0.05, 0.1) is 38.4 Å². The Morgan fingerprint density at radius 1 is 0.958 bits per heavy atom. The van der Waals surface area contributed by atoms with Crippen molar-refractivity contribution in [3.05, 3.63) is 0 Å². The van der Waals surface area contributed by atoms with Crippen LogP contribution in [0.15, 0.2) is 0 Å². The van der Waals surface area contributed by atoms with E-state index in [0.29, 0.717) is 52.4 Å². The van der Waals surface area contributed by atoms with Crippen molar-refractivity contribution < 1.29 is 19.1 Å². The minimum Gasteiger partial charge on any atom is -0.378 e. The molecule has 138 valence electrons. The summed E-state index contributed by atoms with van der Waals surface area (Å²) in [6.45, 7) is 11.8. The SMILES string of the molecule is CC(C)OCCC(=O)N1CCN([C@H](C)C(=O)N2CCOCC2)CC1. The maximum Gasteiger partial charge on any atom is 0.239 e. The van der Waals surface area contributed by atoms with Crippen molar-refractivity contribution in [3.8, 4) is 0 Å². The van der Waals surface area contributed by atoms with E-state index in [2.05, 4.69) is 4.90 Å². The Hall–Kier alpha value is -1.18. The molecule has 7 nitrogen and oxygen atoms in total. The number of hydrogen-bond donors (Lipinski definition) is 0. The minimum atomic E-state index is -0.135. The van der Waals surface area contributed by atoms with Crippen molar-refractivity contribution in [3.63, 3.8) is 0 Å². The highest BCUT2D eigenvalue weighted by molar-refractivity contribution is 5.81. The number of carbonyl (C=O) groups is 2. The van der Waals surface area contributed by atoms with Crippen LogP contribution in [0.25, 0.3) is 0 Å². The summed E-state index contributed by atoms with van der Waals surface area (Å²) in [5.41, 5.74) is 0. The standard InChI is InChI=1S/C17H31N3O4/c1-14(2)24-11-4-16(21)19-7-5-18(6-8-19)15(3)17(22)20-9-12-23-13-10-20/h14-15H,4-13H2,1-3H3/t15-/m1/s1. The summed E-state index contributed by atoms with van der Waals surface area (Å²) in [6.07, 6.45) is 0.585. The van der Waals surface area contributed by atoms with E-state index in [1.807, 2.05) is 30.6 Å². The second-order valence-electron chi connectivity index (χ2n) is 6.70. The van der Waals surface area contributed by atoms with Gasteiger partial charge in [0.25, 0.3) is 0 Å². The number of amides is 2. The van der Waals surface area contributed by atoms with Gasteiger partial charge in [0.15, 0.2) is 0 Å². The molecule has 2 heterocycles. The van der Waals surface area contributed by atoms with Gasteiger partial charge in [0.1, 0.15) is 0 Å². The van der Waals surface area contributed by atoms with E-state index in [1.165, 1.54) is 0 Å². The highest BCUT2D eigenvalue weighted by Gasteiger charge is 2.30. The fourth-order valence-electron chi connectivity index (χ4n) is 3.10. The lowest BCUT2D eigenvalue weighted by atomic mass is 10.2. The van der Waals surface area contributed by atoms with Crippen molar-refractivity contribution in [1.82, 2.24) is 14.7 Å². The molecule has 0 aromatic carbocycles. The zero-order valence-corrected chi connectivity index (χ0v) is 15.2. The number of nitrogens with zero attached hydrogens (tertiary/aromatic N) is 3. The summed E-state index contributed by atoms with van der Waals surface area (Å²) in [6, 6.07) is -0.135. The first kappa shape index (κ1) is 19.1. The third-order valence-corrected chi connectivity index (χ3v) is 4.66. The summed E-state index contributed by atoms with van der Waals surface area (Å²) < 4.78 is 10.7. The van der Waals surface area contributed by atoms with Crippen LogP contribution >= 0.6 is 0 Å². The van der Waals surface area contributed by atoms with Gasteiger partial charge < -0.3 is 19.3 Å². The smallest absolute Gasteiger partial charge is 0.239 e. The zero-order chi connectivity index (χ0) is 17.5. The van der Waals surface area contributed by atoms with Crippen LogP contribution in [0.3, 0.4) is 0 Å². The fourth-order valence-corrected chi connectivity index (χ4v) is 3.10. The molecule has 0 spiro atoms. The molecule has 0 aromatic heterocycles. The molecule has 0 unspecified atom stereocenters. The highest BCUT2D eigenvalue weighted by atomic mass is 16.5. The van der Waals surface area contributed by atoms with Crippen molar-refractivity contribution in [1.29, 1.82) is 0 Å². The molecule has 2 amide bonds. The average Bonchev–Trinajstić information content (AvgIpc) is 2.61. The van der Waals surface area contributed by atoms with Gasteiger partial charge in [-0.1, -0.05) is 0 Å². The number of piperazine rings is 1. The molecule has 0 radical (unpaired) electrons. The number of morpholine rings is 1. The molecule has 0 aromatic rings. The zero-order valence-electron chi connectivity index (χ0n) is 15.2. The van der Waals surface area contributed by atoms with Gasteiger partial charge in [0.2, 0.25) is 11.8 Å². The molecular weight excluding hydrogens is 310 g/mol. The van der Waals surface area contributed by atoms with Gasteiger partial charge in [-0.3, -0.25) is 14.5 Å². The van der Waals surface area contributed by atoms with Crippen LogP contribution in [0.1, 0.15) is 27.2 Å². The van der Waals surface area contributed by atoms with Crippen molar-refractivity contribution in [2.24, 2.45) is 0 Å². The largest absolute Gasteiger partial charge is 0.378 e. The second-order valence-corrected chi connectivity index (χ2v) is 6.70. The predicted molar refractivity (Wildman–Crippen MR) is 90.7 cm³/mol. The molecule has 7 heteroatoms. The van der Waals surface area contributed by atoms with E-state index in [-0.39, 0.29) is 24.0 Å². The lowest BCUT2D eigenvalue weighted by Crippen LogP contribution is -2.56. The van der Waals surface area contributed by atoms with Crippen LogP contribution in [0.4, 0.5) is 0 Å². The predicted octanol–water partition coefficient (Wildman–Crippen LogP) is 0.193. The topological polar surface area (TPSA) is 62.3 Å². The van der Waals surface area contributed by atoms with Gasteiger partial charge in [-0.25, -0.2) is 0 Å². The quantitative estimate of drug-likeness (QED) is 0.690. The molecule has 2 aliphatic rings. The van der Waals surface area contributed by atoms with E-state index in [4.69, 9.17) is 9.47 Å². The summed E-state index contributed by atoms with van der Waals surface area (Å²) in [4.78, 5) is 30.7. The first-order valence-corrected chi connectivity index (χ1v) is 8.99. The van der Waals surface area contributed by atoms with Crippen molar-refractivity contribution in [2.45, 2.75) is 39.3 Å². The van der Waals surface area contributed by atoms with E-state index in [0.717, 1.165) is 13.1 Å². The second kappa shape index (κ2) is 9.34. The molecule has 2 fully saturated rings. The molecular formula is C17H31N3O4. The highest BCUT2D eigenvalue weighted by Crippen LogP contribution is 2.11. The molecule has 0 N–H and O–H groups in total. The lowest BCUT2D eigenvalue weighted by Gasteiger charge is -2.39. The van der Waals surface area contributed by atoms with Crippen LogP contribution in [-0.2, 0) is 19.1 Å². The molecule has 24 heavy (non-hydrogen) atoms. The summed E-state index contributed by atoms with van der Waals surface area (Å²) >= 11 is 0. The Kier molecular flexibility index (Phi) is 7.45. The summed E-state index contributed by atoms with van der Waals surface area (Å²) in [5, 5.41) is 0. The van der Waals surface area contributed by atoms with E-state index < -0.39 is 0 Å². The van der Waals surface area contributed by atoms with Crippen molar-refractivity contribution in [2.75, 3.05) is 59.1 Å². The Balaban J connectivity index is 1.73. The molecule has 2 saturated heterocycles. The van der Waals surface area contributed by atoms with Gasteiger partial charge in [0, 0.05) is 39.3 Å².